The zero-order chi connectivity index (χ0) is 12.5. The molecule has 1 saturated heterocycles. The predicted octanol–water partition coefficient (Wildman–Crippen LogP) is 1.36. The van der Waals surface area contributed by atoms with Crippen LogP contribution in [-0.2, 0) is 4.74 Å². The van der Waals surface area contributed by atoms with E-state index in [-0.39, 0.29) is 17.8 Å². The molecule has 1 N–H and O–H groups in total. The highest BCUT2D eigenvalue weighted by Crippen LogP contribution is 2.66. The molecular weight excluding hydrogens is 228 g/mol. The maximum atomic E-state index is 10.5. The van der Waals surface area contributed by atoms with Gasteiger partial charge >= 0.3 is 0 Å². The van der Waals surface area contributed by atoms with Gasteiger partial charge in [-0.2, -0.15) is 10.5 Å². The number of rotatable bonds is 0. The summed E-state index contributed by atoms with van der Waals surface area (Å²) in [5, 5.41) is 28.9. The second-order valence-corrected chi connectivity index (χ2v) is 6.70. The van der Waals surface area contributed by atoms with E-state index in [1.165, 1.54) is 0 Å². The van der Waals surface area contributed by atoms with Crippen LogP contribution in [0.2, 0.25) is 0 Å². The Labute approximate surface area is 106 Å². The number of ether oxygens (including phenoxy) is 1. The van der Waals surface area contributed by atoms with Crippen LogP contribution in [0.1, 0.15) is 32.1 Å². The molecule has 94 valence electrons. The van der Waals surface area contributed by atoms with Crippen LogP contribution in [0.4, 0.5) is 0 Å². The molecular formula is C14H16N2O2. The van der Waals surface area contributed by atoms with Crippen LogP contribution in [0.5, 0.6) is 0 Å². The second kappa shape index (κ2) is 3.07. The Morgan fingerprint density at radius 3 is 2.22 bits per heavy atom. The summed E-state index contributed by atoms with van der Waals surface area (Å²) < 4.78 is 5.91. The molecule has 1 spiro atoms. The van der Waals surface area contributed by atoms with Crippen LogP contribution < -0.4 is 0 Å². The molecule has 4 nitrogen and oxygen atoms in total. The highest BCUT2D eigenvalue weighted by molar-refractivity contribution is 5.26. The average molecular weight is 244 g/mol. The zero-order valence-corrected chi connectivity index (χ0v) is 10.2. The van der Waals surface area contributed by atoms with Crippen molar-refractivity contribution < 1.29 is 9.84 Å². The Bertz CT molecular complexity index is 473. The van der Waals surface area contributed by atoms with Crippen LogP contribution in [0.15, 0.2) is 0 Å². The number of hydrogen-bond acceptors (Lipinski definition) is 4. The van der Waals surface area contributed by atoms with Gasteiger partial charge in [-0.1, -0.05) is 0 Å². The number of hydrogen-bond donors (Lipinski definition) is 1. The van der Waals surface area contributed by atoms with Crippen LogP contribution in [0.25, 0.3) is 0 Å². The van der Waals surface area contributed by atoms with Crippen molar-refractivity contribution in [2.45, 2.75) is 49.4 Å². The summed E-state index contributed by atoms with van der Waals surface area (Å²) >= 11 is 0. The summed E-state index contributed by atoms with van der Waals surface area (Å²) in [6.45, 7) is 0. The van der Waals surface area contributed by atoms with E-state index in [0.717, 1.165) is 32.1 Å². The van der Waals surface area contributed by atoms with Crippen molar-refractivity contribution in [2.75, 3.05) is 0 Å². The van der Waals surface area contributed by atoms with Gasteiger partial charge in [0.05, 0.1) is 23.3 Å². The second-order valence-electron chi connectivity index (χ2n) is 6.70. The maximum Gasteiger partial charge on any atom is 0.163 e. The summed E-state index contributed by atoms with van der Waals surface area (Å²) in [4.78, 5) is 0. The molecule has 5 fully saturated rings. The summed E-state index contributed by atoms with van der Waals surface area (Å²) in [7, 11) is 0. The Morgan fingerprint density at radius 1 is 1.06 bits per heavy atom. The van der Waals surface area contributed by atoms with Gasteiger partial charge in [-0.25, -0.2) is 0 Å². The van der Waals surface area contributed by atoms with Crippen molar-refractivity contribution in [1.82, 2.24) is 0 Å². The van der Waals surface area contributed by atoms with Gasteiger partial charge < -0.3 is 9.84 Å². The van der Waals surface area contributed by atoms with E-state index in [4.69, 9.17) is 10.00 Å². The van der Waals surface area contributed by atoms with Crippen LogP contribution >= 0.6 is 0 Å². The van der Waals surface area contributed by atoms with Gasteiger partial charge in [0, 0.05) is 0 Å². The minimum Gasteiger partial charge on any atom is -0.390 e. The van der Waals surface area contributed by atoms with Crippen LogP contribution in [0, 0.1) is 46.3 Å². The Balaban J connectivity index is 1.73. The van der Waals surface area contributed by atoms with Crippen LogP contribution in [0.3, 0.4) is 0 Å². The van der Waals surface area contributed by atoms with E-state index >= 15 is 0 Å². The van der Waals surface area contributed by atoms with E-state index < -0.39 is 17.3 Å². The molecule has 4 saturated carbocycles. The fraction of sp³-hybridized carbons (Fsp3) is 0.857. The third-order valence-corrected chi connectivity index (χ3v) is 5.82. The monoisotopic (exact) mass is 244 g/mol. The molecule has 1 heterocycles. The molecule has 4 aliphatic carbocycles. The Morgan fingerprint density at radius 2 is 1.72 bits per heavy atom. The molecule has 4 heteroatoms. The molecule has 0 aromatic heterocycles. The largest absolute Gasteiger partial charge is 0.390 e. The van der Waals surface area contributed by atoms with Crippen LogP contribution in [-0.4, -0.2) is 22.4 Å². The standard InChI is InChI=1S/C14H16N2O2/c15-6-11-12(7-16)18-14(11)9-1-8-2-10(14)5-13(17,3-8)4-9/h8-12,17H,1-5H2/t8?,9-,10+,11-,12-,13?,14?/m0/s1. The van der Waals surface area contributed by atoms with Gasteiger partial charge in [0.1, 0.15) is 5.92 Å². The molecule has 7 atom stereocenters. The van der Waals surface area contributed by atoms with E-state index in [1.54, 1.807) is 0 Å². The minimum atomic E-state index is -0.554. The summed E-state index contributed by atoms with van der Waals surface area (Å²) in [5.74, 6) is 0.870. The highest BCUT2D eigenvalue weighted by atomic mass is 16.5. The van der Waals surface area contributed by atoms with Gasteiger partial charge in [-0.15, -0.1) is 0 Å². The smallest absolute Gasteiger partial charge is 0.163 e. The molecule has 4 bridgehead atoms. The van der Waals surface area contributed by atoms with Crippen molar-refractivity contribution >= 4 is 0 Å². The zero-order valence-electron chi connectivity index (χ0n) is 10.2. The molecule has 5 aliphatic rings. The van der Waals surface area contributed by atoms with E-state index in [2.05, 4.69) is 12.1 Å². The molecule has 1 aliphatic heterocycles. The quantitative estimate of drug-likeness (QED) is 0.698. The van der Waals surface area contributed by atoms with Gasteiger partial charge in [0.15, 0.2) is 6.10 Å². The lowest BCUT2D eigenvalue weighted by molar-refractivity contribution is -0.334. The van der Waals surface area contributed by atoms with Crippen molar-refractivity contribution in [3.05, 3.63) is 0 Å². The molecule has 5 rings (SSSR count). The third kappa shape index (κ3) is 1.03. The fourth-order valence-electron chi connectivity index (χ4n) is 5.46. The van der Waals surface area contributed by atoms with E-state index in [1.807, 2.05) is 0 Å². The van der Waals surface area contributed by atoms with Crippen molar-refractivity contribution in [2.24, 2.45) is 23.7 Å². The molecule has 0 amide bonds. The third-order valence-electron chi connectivity index (χ3n) is 5.82. The molecule has 0 radical (unpaired) electrons. The van der Waals surface area contributed by atoms with Gasteiger partial charge in [-0.3, -0.25) is 0 Å². The normalized spacial score (nSPS) is 60.1. The summed E-state index contributed by atoms with van der Waals surface area (Å²) in [5.41, 5.74) is -0.916. The van der Waals surface area contributed by atoms with Gasteiger partial charge in [0.2, 0.25) is 0 Å². The maximum absolute atomic E-state index is 10.5. The lowest BCUT2D eigenvalue weighted by Crippen LogP contribution is -2.74. The summed E-state index contributed by atoms with van der Waals surface area (Å²) in [6, 6.07) is 4.39. The number of nitrogens with zero attached hydrogens (tertiary/aromatic N) is 2. The SMILES string of the molecule is N#C[C@@H]1OC2([C@@H]3CC4C[C@H]2CC(O)(C4)C3)[C@H]1C#N. The first-order valence-corrected chi connectivity index (χ1v) is 6.81. The van der Waals surface area contributed by atoms with Gasteiger partial charge in [-0.05, 0) is 49.9 Å². The average Bonchev–Trinajstić information content (AvgIpc) is 2.25. The number of aliphatic hydroxyl groups is 1. The Hall–Kier alpha value is -1.10. The fourth-order valence-corrected chi connectivity index (χ4v) is 5.46. The minimum absolute atomic E-state index is 0.281. The lowest BCUT2D eigenvalue weighted by atomic mass is 9.44. The van der Waals surface area contributed by atoms with E-state index in [0.29, 0.717) is 5.92 Å². The summed E-state index contributed by atoms with van der Waals surface area (Å²) in [6.07, 6.45) is 4.02. The van der Waals surface area contributed by atoms with Crippen molar-refractivity contribution in [1.29, 1.82) is 10.5 Å². The molecule has 0 aromatic rings. The molecule has 3 unspecified atom stereocenters. The van der Waals surface area contributed by atoms with E-state index in [9.17, 15) is 10.4 Å². The Kier molecular flexibility index (Phi) is 1.84. The van der Waals surface area contributed by atoms with Crippen molar-refractivity contribution in [3.8, 4) is 12.1 Å². The number of nitriles is 2. The first-order chi connectivity index (χ1) is 8.61. The predicted molar refractivity (Wildman–Crippen MR) is 60.8 cm³/mol. The topological polar surface area (TPSA) is 77.0 Å². The first kappa shape index (κ1) is 10.8. The lowest BCUT2D eigenvalue weighted by Gasteiger charge is -2.68. The highest BCUT2D eigenvalue weighted by Gasteiger charge is 2.71. The molecule has 18 heavy (non-hydrogen) atoms. The van der Waals surface area contributed by atoms with Gasteiger partial charge in [0.25, 0.3) is 0 Å². The van der Waals surface area contributed by atoms with Crippen molar-refractivity contribution in [3.63, 3.8) is 0 Å². The first-order valence-electron chi connectivity index (χ1n) is 6.81. The molecule has 0 aromatic carbocycles.